The fourth-order valence-electron chi connectivity index (χ4n) is 8.21. The zero-order valence-corrected chi connectivity index (χ0v) is 34.5. The van der Waals surface area contributed by atoms with Crippen molar-refractivity contribution in [1.29, 1.82) is 5.26 Å². The number of alkyl halides is 3. The number of carbonyl (C=O) groups is 1. The number of hydrogen-bond donors (Lipinski definition) is 1. The summed E-state index contributed by atoms with van der Waals surface area (Å²) in [6.45, 7) is 2.90. The van der Waals surface area contributed by atoms with E-state index in [2.05, 4.69) is 37.8 Å². The normalized spacial score (nSPS) is 18.1. The number of pyridine rings is 2. The predicted molar refractivity (Wildman–Crippen MR) is 220 cm³/mol. The Morgan fingerprint density at radius 3 is 2.56 bits per heavy atom. The Morgan fingerprint density at radius 1 is 1.14 bits per heavy atom. The van der Waals surface area contributed by atoms with Crippen LogP contribution in [0.15, 0.2) is 46.8 Å². The lowest BCUT2D eigenvalue weighted by Crippen LogP contribution is -2.55. The summed E-state index contributed by atoms with van der Waals surface area (Å²) in [6.07, 6.45) is 4.99. The number of aromatic nitrogens is 4. The SMILES string of the molecule is Cc1nc2cnc(N(C)C3CCN(C4CC(F)(F)C4)CC3)c(C#N)c2c(=O)n1CC#Cc1ccc(Cl)cc1-c1ccnc2c(C(=O)NS(=O)(=O)CC3(F)CCC3)csc12. The van der Waals surface area contributed by atoms with E-state index in [1.54, 1.807) is 31.2 Å². The Kier molecular flexibility index (Phi) is 10.7. The monoisotopic (exact) mass is 862 g/mol. The van der Waals surface area contributed by atoms with Crippen molar-refractivity contribution in [2.24, 2.45) is 0 Å². The molecule has 1 amide bonds. The molecule has 0 atom stereocenters. The third-order valence-electron chi connectivity index (χ3n) is 11.6. The van der Waals surface area contributed by atoms with Crippen molar-refractivity contribution in [2.75, 3.05) is 30.8 Å². The molecule has 0 spiro atoms. The van der Waals surface area contributed by atoms with Crippen LogP contribution in [0.5, 0.6) is 0 Å². The van der Waals surface area contributed by atoms with Gasteiger partial charge in [0.1, 0.15) is 34.7 Å². The van der Waals surface area contributed by atoms with Crippen LogP contribution in [0.2, 0.25) is 5.02 Å². The number of hydrogen-bond acceptors (Lipinski definition) is 11. The van der Waals surface area contributed by atoms with E-state index in [9.17, 15) is 36.4 Å². The van der Waals surface area contributed by atoms with Crippen LogP contribution in [-0.2, 0) is 16.6 Å². The van der Waals surface area contributed by atoms with Gasteiger partial charge in [0.25, 0.3) is 17.4 Å². The summed E-state index contributed by atoms with van der Waals surface area (Å²) in [7, 11) is -2.42. The number of anilines is 1. The van der Waals surface area contributed by atoms with Crippen LogP contribution in [-0.4, -0.2) is 88.3 Å². The molecule has 59 heavy (non-hydrogen) atoms. The van der Waals surface area contributed by atoms with Crippen molar-refractivity contribution in [3.8, 4) is 29.0 Å². The highest BCUT2D eigenvalue weighted by Crippen LogP contribution is 2.42. The topological polar surface area (TPSA) is 154 Å². The van der Waals surface area contributed by atoms with E-state index in [0.29, 0.717) is 70.4 Å². The van der Waals surface area contributed by atoms with Gasteiger partial charge in [-0.15, -0.1) is 11.3 Å². The van der Waals surface area contributed by atoms with Crippen LogP contribution in [0, 0.1) is 30.1 Å². The number of nitriles is 1. The fraction of sp³-hybridized carbons (Fsp3) is 0.415. The molecule has 0 radical (unpaired) electrons. The second-order valence-electron chi connectivity index (χ2n) is 15.5. The molecule has 8 rings (SSSR count). The second-order valence-corrected chi connectivity index (χ2v) is 18.6. The number of fused-ring (bicyclic) bond motifs is 2. The predicted octanol–water partition coefficient (Wildman–Crippen LogP) is 6.60. The molecule has 5 heterocycles. The number of piperidine rings is 1. The van der Waals surface area contributed by atoms with Crippen molar-refractivity contribution >= 4 is 65.8 Å². The van der Waals surface area contributed by atoms with E-state index >= 15 is 0 Å². The Bertz CT molecular complexity index is 2790. The summed E-state index contributed by atoms with van der Waals surface area (Å²) in [6, 6.07) is 8.89. The summed E-state index contributed by atoms with van der Waals surface area (Å²) in [5, 5.41) is 12.4. The number of rotatable bonds is 9. The third kappa shape index (κ3) is 8.01. The largest absolute Gasteiger partial charge is 0.355 e. The van der Waals surface area contributed by atoms with Gasteiger partial charge in [0.2, 0.25) is 10.0 Å². The average molecular weight is 863 g/mol. The van der Waals surface area contributed by atoms with Gasteiger partial charge < -0.3 is 4.90 Å². The molecule has 1 aromatic carbocycles. The Labute approximate surface area is 347 Å². The van der Waals surface area contributed by atoms with Crippen LogP contribution >= 0.6 is 22.9 Å². The molecule has 0 bridgehead atoms. The summed E-state index contributed by atoms with van der Waals surface area (Å²) in [5.41, 5.74) is 0.129. The number of benzene rings is 1. The molecule has 2 aliphatic carbocycles. The van der Waals surface area contributed by atoms with Crippen molar-refractivity contribution in [3.05, 3.63) is 79.9 Å². The van der Waals surface area contributed by atoms with Gasteiger partial charge >= 0.3 is 0 Å². The van der Waals surface area contributed by atoms with Gasteiger partial charge in [-0.1, -0.05) is 23.4 Å². The summed E-state index contributed by atoms with van der Waals surface area (Å²) >= 11 is 7.63. The number of nitrogens with one attached hydrogen (secondary N) is 1. The number of carbonyl (C=O) groups excluding carboxylic acids is 1. The standard InChI is InChI=1S/C41H38ClF3N8O4S2/c1-24-49-33-21-48-37(51(2)27-9-15-52(16-10-27)28-18-41(44,45)19-28)31(20-46)34(33)39(55)53(24)14-3-5-25-6-7-26(42)17-30(25)29-8-13-47-35-32(22-58-36(29)35)38(54)50-59(56,57)23-40(43)11-4-12-40/h6-8,13,17,21-22,27-28H,4,9-12,14-16,18-19,23H2,1-2H3,(H,50,54). The fourth-order valence-corrected chi connectivity index (χ4v) is 10.9. The number of halogens is 4. The zero-order valence-electron chi connectivity index (χ0n) is 32.1. The number of thiophene rings is 1. The lowest BCUT2D eigenvalue weighted by Gasteiger charge is -2.46. The van der Waals surface area contributed by atoms with Gasteiger partial charge in [-0.25, -0.2) is 36.3 Å². The van der Waals surface area contributed by atoms with Crippen LogP contribution in [0.4, 0.5) is 19.0 Å². The Morgan fingerprint density at radius 2 is 1.88 bits per heavy atom. The first-order valence-electron chi connectivity index (χ1n) is 19.1. The third-order valence-corrected chi connectivity index (χ3v) is 14.3. The maximum absolute atomic E-state index is 14.6. The van der Waals surface area contributed by atoms with Crippen LogP contribution < -0.4 is 15.2 Å². The van der Waals surface area contributed by atoms with Crippen LogP contribution in [0.1, 0.15) is 72.3 Å². The van der Waals surface area contributed by atoms with Crippen LogP contribution in [0.3, 0.4) is 0 Å². The van der Waals surface area contributed by atoms with Gasteiger partial charge in [0.15, 0.2) is 0 Å². The highest BCUT2D eigenvalue weighted by atomic mass is 35.5. The summed E-state index contributed by atoms with van der Waals surface area (Å²) < 4.78 is 70.9. The van der Waals surface area contributed by atoms with Gasteiger partial charge in [-0.05, 0) is 63.3 Å². The van der Waals surface area contributed by atoms with Gasteiger partial charge in [0.05, 0.1) is 39.4 Å². The van der Waals surface area contributed by atoms with Gasteiger partial charge in [0, 0.05) is 78.4 Å². The molecule has 3 aliphatic rings. The molecule has 18 heteroatoms. The summed E-state index contributed by atoms with van der Waals surface area (Å²) in [4.78, 5) is 44.8. The van der Waals surface area contributed by atoms with Gasteiger partial charge in [-0.2, -0.15) is 5.26 Å². The number of aryl methyl sites for hydroxylation is 1. The molecule has 12 nitrogen and oxygen atoms in total. The Balaban J connectivity index is 1.05. The van der Waals surface area contributed by atoms with E-state index in [-0.39, 0.29) is 71.9 Å². The smallest absolute Gasteiger partial charge is 0.267 e. The maximum Gasteiger partial charge on any atom is 0.267 e. The van der Waals surface area contributed by atoms with E-state index in [1.165, 1.54) is 33.7 Å². The quantitative estimate of drug-likeness (QED) is 0.160. The minimum absolute atomic E-state index is 0.00779. The number of nitrogens with zero attached hydrogens (tertiary/aromatic N) is 7. The minimum Gasteiger partial charge on any atom is -0.355 e. The molecule has 1 aliphatic heterocycles. The lowest BCUT2D eigenvalue weighted by molar-refractivity contribution is -0.127. The minimum atomic E-state index is -4.24. The zero-order chi connectivity index (χ0) is 41.9. The lowest BCUT2D eigenvalue weighted by atomic mass is 9.84. The number of likely N-dealkylation sites (tertiary alicyclic amines) is 1. The number of amides is 1. The molecule has 306 valence electrons. The summed E-state index contributed by atoms with van der Waals surface area (Å²) in [5.74, 6) is 2.64. The first-order valence-corrected chi connectivity index (χ1v) is 22.0. The van der Waals surface area contributed by atoms with E-state index in [1.807, 2.05) is 16.7 Å². The van der Waals surface area contributed by atoms with Crippen molar-refractivity contribution in [1.82, 2.24) is 29.1 Å². The first kappa shape index (κ1) is 40.7. The highest BCUT2D eigenvalue weighted by Gasteiger charge is 2.48. The maximum atomic E-state index is 14.6. The van der Waals surface area contributed by atoms with E-state index < -0.39 is 38.8 Å². The molecule has 2 saturated carbocycles. The molecule has 0 unspecified atom stereocenters. The molecule has 3 fully saturated rings. The first-order chi connectivity index (χ1) is 28.1. The van der Waals surface area contributed by atoms with E-state index in [0.717, 1.165) is 0 Å². The molecular weight excluding hydrogens is 825 g/mol. The van der Waals surface area contributed by atoms with Crippen molar-refractivity contribution in [2.45, 2.75) is 82.1 Å². The average Bonchev–Trinajstić information content (AvgIpc) is 3.62. The second kappa shape index (κ2) is 15.5. The highest BCUT2D eigenvalue weighted by molar-refractivity contribution is 7.90. The van der Waals surface area contributed by atoms with Gasteiger partial charge in [-0.3, -0.25) is 24.0 Å². The number of sulfonamides is 1. The molecule has 1 N–H and O–H groups in total. The molecule has 5 aromatic rings. The molecule has 4 aromatic heterocycles. The van der Waals surface area contributed by atoms with Crippen molar-refractivity contribution < 1.29 is 26.4 Å². The van der Waals surface area contributed by atoms with E-state index in [4.69, 9.17) is 11.6 Å². The molecule has 1 saturated heterocycles. The van der Waals surface area contributed by atoms with Crippen LogP contribution in [0.25, 0.3) is 32.2 Å². The van der Waals surface area contributed by atoms with Crippen molar-refractivity contribution in [3.63, 3.8) is 0 Å². The molecular formula is C41H38ClF3N8O4S2. The Hall–Kier alpha value is -5.07.